The van der Waals surface area contributed by atoms with Crippen molar-refractivity contribution in [1.29, 1.82) is 0 Å². The molecule has 0 atom stereocenters. The van der Waals surface area contributed by atoms with Crippen molar-refractivity contribution in [3.63, 3.8) is 0 Å². The standard InChI is InChI=1S/C17H21ClN2O/c1-13-4-5-14-12-15(17(18)19-16(14)11-13)3-2-6-20-7-9-21-10-8-20/h4-5,11-12H,2-3,6-10H2,1H3. The van der Waals surface area contributed by atoms with E-state index in [1.54, 1.807) is 0 Å². The van der Waals surface area contributed by atoms with Gasteiger partial charge in [-0.1, -0.05) is 23.7 Å². The first-order valence-electron chi connectivity index (χ1n) is 7.58. The second-order valence-electron chi connectivity index (χ2n) is 5.69. The monoisotopic (exact) mass is 304 g/mol. The summed E-state index contributed by atoms with van der Waals surface area (Å²) in [5.74, 6) is 0. The second kappa shape index (κ2) is 6.73. The Kier molecular flexibility index (Phi) is 4.73. The van der Waals surface area contributed by atoms with E-state index in [1.165, 1.54) is 10.9 Å². The zero-order valence-electron chi connectivity index (χ0n) is 12.4. The number of nitrogens with zero attached hydrogens (tertiary/aromatic N) is 2. The molecule has 21 heavy (non-hydrogen) atoms. The molecule has 0 N–H and O–H groups in total. The van der Waals surface area contributed by atoms with Gasteiger partial charge in [0.1, 0.15) is 5.15 Å². The zero-order chi connectivity index (χ0) is 14.7. The fourth-order valence-corrected chi connectivity index (χ4v) is 3.03. The summed E-state index contributed by atoms with van der Waals surface area (Å²) in [7, 11) is 0. The maximum absolute atomic E-state index is 6.33. The minimum Gasteiger partial charge on any atom is -0.379 e. The molecular weight excluding hydrogens is 284 g/mol. The van der Waals surface area contributed by atoms with Gasteiger partial charge in [0.2, 0.25) is 0 Å². The van der Waals surface area contributed by atoms with E-state index in [2.05, 4.69) is 41.1 Å². The molecular formula is C17H21ClN2O. The molecule has 1 aromatic carbocycles. The minimum absolute atomic E-state index is 0.648. The molecule has 112 valence electrons. The molecule has 4 heteroatoms. The van der Waals surface area contributed by atoms with E-state index in [9.17, 15) is 0 Å². The second-order valence-corrected chi connectivity index (χ2v) is 6.05. The van der Waals surface area contributed by atoms with Crippen LogP contribution in [0, 0.1) is 6.92 Å². The average molecular weight is 305 g/mol. The molecule has 2 heterocycles. The van der Waals surface area contributed by atoms with Crippen molar-refractivity contribution >= 4 is 22.5 Å². The topological polar surface area (TPSA) is 25.4 Å². The lowest BCUT2D eigenvalue weighted by Gasteiger charge is -2.26. The maximum Gasteiger partial charge on any atom is 0.132 e. The Morgan fingerprint density at radius 3 is 2.86 bits per heavy atom. The molecule has 0 amide bonds. The average Bonchev–Trinajstić information content (AvgIpc) is 2.49. The number of pyridine rings is 1. The molecule has 0 unspecified atom stereocenters. The van der Waals surface area contributed by atoms with Crippen LogP contribution < -0.4 is 0 Å². The Hall–Kier alpha value is -1.16. The van der Waals surface area contributed by atoms with Crippen molar-refractivity contribution in [1.82, 2.24) is 9.88 Å². The van der Waals surface area contributed by atoms with E-state index >= 15 is 0 Å². The van der Waals surface area contributed by atoms with Gasteiger partial charge >= 0.3 is 0 Å². The molecule has 0 bridgehead atoms. The zero-order valence-corrected chi connectivity index (χ0v) is 13.2. The molecule has 2 aromatic rings. The lowest BCUT2D eigenvalue weighted by Crippen LogP contribution is -2.36. The highest BCUT2D eigenvalue weighted by Gasteiger charge is 2.11. The lowest BCUT2D eigenvalue weighted by molar-refractivity contribution is 0.0374. The van der Waals surface area contributed by atoms with Crippen LogP contribution in [0.25, 0.3) is 10.9 Å². The fraction of sp³-hybridized carbons (Fsp3) is 0.471. The Labute approximate surface area is 130 Å². The number of benzene rings is 1. The molecule has 1 aliphatic heterocycles. The van der Waals surface area contributed by atoms with E-state index in [0.717, 1.165) is 56.8 Å². The Morgan fingerprint density at radius 1 is 1.24 bits per heavy atom. The molecule has 0 aliphatic carbocycles. The van der Waals surface area contributed by atoms with Gasteiger partial charge in [0.25, 0.3) is 0 Å². The first-order valence-corrected chi connectivity index (χ1v) is 7.96. The van der Waals surface area contributed by atoms with Gasteiger partial charge in [-0.25, -0.2) is 4.98 Å². The minimum atomic E-state index is 0.648. The third-order valence-electron chi connectivity index (χ3n) is 4.02. The van der Waals surface area contributed by atoms with E-state index in [1.807, 2.05) is 0 Å². The van der Waals surface area contributed by atoms with Gasteiger partial charge in [0.05, 0.1) is 18.7 Å². The third-order valence-corrected chi connectivity index (χ3v) is 4.35. The van der Waals surface area contributed by atoms with Gasteiger partial charge in [-0.3, -0.25) is 4.90 Å². The number of hydrogen-bond donors (Lipinski definition) is 0. The van der Waals surface area contributed by atoms with Crippen molar-refractivity contribution in [2.45, 2.75) is 19.8 Å². The van der Waals surface area contributed by atoms with Crippen LogP contribution in [-0.2, 0) is 11.2 Å². The Bertz CT molecular complexity index is 623. The van der Waals surface area contributed by atoms with Crippen molar-refractivity contribution in [2.75, 3.05) is 32.8 Å². The SMILES string of the molecule is Cc1ccc2cc(CCCN3CCOCC3)c(Cl)nc2c1. The molecule has 0 spiro atoms. The fourth-order valence-electron chi connectivity index (χ4n) is 2.79. The van der Waals surface area contributed by atoms with Crippen molar-refractivity contribution in [3.8, 4) is 0 Å². The van der Waals surface area contributed by atoms with Crippen LogP contribution in [0.3, 0.4) is 0 Å². The molecule has 0 saturated carbocycles. The van der Waals surface area contributed by atoms with E-state index < -0.39 is 0 Å². The van der Waals surface area contributed by atoms with Crippen LogP contribution in [-0.4, -0.2) is 42.7 Å². The predicted molar refractivity (Wildman–Crippen MR) is 87.1 cm³/mol. The van der Waals surface area contributed by atoms with Crippen LogP contribution in [0.1, 0.15) is 17.5 Å². The smallest absolute Gasteiger partial charge is 0.132 e. The van der Waals surface area contributed by atoms with Crippen molar-refractivity contribution in [2.24, 2.45) is 0 Å². The number of morpholine rings is 1. The van der Waals surface area contributed by atoms with Crippen LogP contribution in [0.2, 0.25) is 5.15 Å². The van der Waals surface area contributed by atoms with Crippen molar-refractivity contribution < 1.29 is 4.74 Å². The van der Waals surface area contributed by atoms with Crippen LogP contribution in [0.4, 0.5) is 0 Å². The van der Waals surface area contributed by atoms with Gasteiger partial charge < -0.3 is 4.74 Å². The summed E-state index contributed by atoms with van der Waals surface area (Å²) in [6.07, 6.45) is 2.09. The first-order chi connectivity index (χ1) is 10.2. The lowest BCUT2D eigenvalue weighted by atomic mass is 10.1. The predicted octanol–water partition coefficient (Wildman–Crippen LogP) is 3.46. The molecule has 1 aromatic heterocycles. The summed E-state index contributed by atoms with van der Waals surface area (Å²) in [5.41, 5.74) is 3.35. The summed E-state index contributed by atoms with van der Waals surface area (Å²) >= 11 is 6.33. The van der Waals surface area contributed by atoms with E-state index in [0.29, 0.717) is 5.15 Å². The summed E-state index contributed by atoms with van der Waals surface area (Å²) < 4.78 is 5.37. The van der Waals surface area contributed by atoms with Crippen LogP contribution in [0.5, 0.6) is 0 Å². The molecule has 3 rings (SSSR count). The van der Waals surface area contributed by atoms with E-state index in [-0.39, 0.29) is 0 Å². The molecule has 1 aliphatic rings. The van der Waals surface area contributed by atoms with Gasteiger partial charge in [-0.2, -0.15) is 0 Å². The maximum atomic E-state index is 6.33. The van der Waals surface area contributed by atoms with Crippen LogP contribution in [0.15, 0.2) is 24.3 Å². The quantitative estimate of drug-likeness (QED) is 0.809. The number of fused-ring (bicyclic) bond motifs is 1. The number of ether oxygens (including phenoxy) is 1. The molecule has 1 fully saturated rings. The van der Waals surface area contributed by atoms with E-state index in [4.69, 9.17) is 16.3 Å². The Morgan fingerprint density at radius 2 is 2.05 bits per heavy atom. The summed E-state index contributed by atoms with van der Waals surface area (Å²) in [6, 6.07) is 8.51. The number of aromatic nitrogens is 1. The third kappa shape index (κ3) is 3.73. The van der Waals surface area contributed by atoms with Gasteiger partial charge in [0.15, 0.2) is 0 Å². The normalized spacial score (nSPS) is 16.5. The van der Waals surface area contributed by atoms with Gasteiger partial charge in [0, 0.05) is 18.5 Å². The molecule has 3 nitrogen and oxygen atoms in total. The number of rotatable bonds is 4. The number of hydrogen-bond acceptors (Lipinski definition) is 3. The van der Waals surface area contributed by atoms with Gasteiger partial charge in [-0.05, 0) is 49.6 Å². The number of halogens is 1. The first kappa shape index (κ1) is 14.8. The summed E-state index contributed by atoms with van der Waals surface area (Å²) in [6.45, 7) is 6.98. The largest absolute Gasteiger partial charge is 0.379 e. The highest BCUT2D eigenvalue weighted by molar-refractivity contribution is 6.30. The number of aryl methyl sites for hydroxylation is 2. The van der Waals surface area contributed by atoms with Gasteiger partial charge in [-0.15, -0.1) is 0 Å². The Balaban J connectivity index is 1.66. The van der Waals surface area contributed by atoms with Crippen molar-refractivity contribution in [3.05, 3.63) is 40.5 Å². The molecule has 1 saturated heterocycles. The highest BCUT2D eigenvalue weighted by Crippen LogP contribution is 2.22. The summed E-state index contributed by atoms with van der Waals surface area (Å²) in [5, 5.41) is 1.82. The molecule has 0 radical (unpaired) electrons. The highest BCUT2D eigenvalue weighted by atomic mass is 35.5. The van der Waals surface area contributed by atoms with Crippen LogP contribution >= 0.6 is 11.6 Å². The summed E-state index contributed by atoms with van der Waals surface area (Å²) in [4.78, 5) is 6.99.